The van der Waals surface area contributed by atoms with Crippen molar-refractivity contribution in [3.63, 3.8) is 0 Å². The lowest BCUT2D eigenvalue weighted by Crippen LogP contribution is -2.53. The van der Waals surface area contributed by atoms with Crippen LogP contribution in [0.3, 0.4) is 0 Å². The number of hydrogen-bond donors (Lipinski definition) is 1. The van der Waals surface area contributed by atoms with Crippen molar-refractivity contribution >= 4 is 50.7 Å². The highest BCUT2D eigenvalue weighted by Gasteiger charge is 2.34. The van der Waals surface area contributed by atoms with E-state index in [0.717, 1.165) is 4.31 Å². The van der Waals surface area contributed by atoms with Crippen LogP contribution in [0.4, 0.5) is 5.69 Å². The summed E-state index contributed by atoms with van der Waals surface area (Å²) in [6, 6.07) is 16.3. The van der Waals surface area contributed by atoms with Crippen molar-refractivity contribution in [1.82, 2.24) is 10.2 Å². The van der Waals surface area contributed by atoms with E-state index >= 15 is 0 Å². The van der Waals surface area contributed by atoms with Crippen LogP contribution in [0.25, 0.3) is 0 Å². The minimum atomic E-state index is -4.22. The van der Waals surface area contributed by atoms with Crippen LogP contribution in [0, 0.1) is 0 Å². The Morgan fingerprint density at radius 2 is 1.64 bits per heavy atom. The first-order valence-corrected chi connectivity index (χ1v) is 15.7. The molecular formula is C30H33Cl2N3O6S. The Labute approximate surface area is 256 Å². The van der Waals surface area contributed by atoms with Gasteiger partial charge in [0.1, 0.15) is 25.8 Å². The number of rotatable bonds is 11. The largest absolute Gasteiger partial charge is 0.486 e. The van der Waals surface area contributed by atoms with Gasteiger partial charge in [0.05, 0.1) is 10.6 Å². The summed E-state index contributed by atoms with van der Waals surface area (Å²) in [5, 5.41) is 3.61. The van der Waals surface area contributed by atoms with Gasteiger partial charge in [0.15, 0.2) is 11.5 Å². The van der Waals surface area contributed by atoms with Crippen molar-refractivity contribution in [2.45, 2.75) is 50.7 Å². The molecule has 9 nitrogen and oxygen atoms in total. The Kier molecular flexibility index (Phi) is 10.2. The van der Waals surface area contributed by atoms with Gasteiger partial charge in [-0.05, 0) is 62.2 Å². The highest BCUT2D eigenvalue weighted by molar-refractivity contribution is 7.92. The van der Waals surface area contributed by atoms with Crippen LogP contribution in [-0.2, 0) is 26.2 Å². The van der Waals surface area contributed by atoms with Crippen molar-refractivity contribution in [2.24, 2.45) is 0 Å². The molecule has 12 heteroatoms. The van der Waals surface area contributed by atoms with Gasteiger partial charge in [0, 0.05) is 28.7 Å². The van der Waals surface area contributed by atoms with E-state index in [0.29, 0.717) is 40.3 Å². The molecule has 0 bridgehead atoms. The van der Waals surface area contributed by atoms with Crippen LogP contribution >= 0.6 is 23.2 Å². The maximum atomic E-state index is 14.2. The van der Waals surface area contributed by atoms with E-state index in [1.54, 1.807) is 55.5 Å². The number of carbonyl (C=O) groups is 2. The Morgan fingerprint density at radius 1 is 0.952 bits per heavy atom. The molecule has 1 atom stereocenters. The van der Waals surface area contributed by atoms with E-state index in [1.165, 1.54) is 23.1 Å². The maximum Gasteiger partial charge on any atom is 0.264 e. The van der Waals surface area contributed by atoms with Gasteiger partial charge in [0.2, 0.25) is 11.8 Å². The number of ether oxygens (including phenoxy) is 2. The topological polar surface area (TPSA) is 105 Å². The molecule has 3 aromatic rings. The minimum Gasteiger partial charge on any atom is -0.486 e. The van der Waals surface area contributed by atoms with E-state index in [4.69, 9.17) is 32.7 Å². The smallest absolute Gasteiger partial charge is 0.264 e. The average molecular weight is 635 g/mol. The van der Waals surface area contributed by atoms with Gasteiger partial charge < -0.3 is 19.7 Å². The molecule has 0 aliphatic carbocycles. The summed E-state index contributed by atoms with van der Waals surface area (Å²) in [5.74, 6) is -0.111. The number of halogens is 2. The molecular weight excluding hydrogens is 601 g/mol. The van der Waals surface area contributed by atoms with Crippen LogP contribution < -0.4 is 19.1 Å². The highest BCUT2D eigenvalue weighted by atomic mass is 35.5. The third-order valence-electron chi connectivity index (χ3n) is 6.60. The van der Waals surface area contributed by atoms with E-state index in [9.17, 15) is 18.0 Å². The van der Waals surface area contributed by atoms with Gasteiger partial charge >= 0.3 is 0 Å². The molecule has 1 heterocycles. The number of amides is 2. The fourth-order valence-electron chi connectivity index (χ4n) is 4.57. The predicted octanol–water partition coefficient (Wildman–Crippen LogP) is 5.29. The number of benzene rings is 3. The van der Waals surface area contributed by atoms with Crippen molar-refractivity contribution in [3.8, 4) is 11.5 Å². The molecule has 0 spiro atoms. The fourth-order valence-corrected chi connectivity index (χ4v) is 6.46. The zero-order chi connectivity index (χ0) is 30.4. The molecule has 0 aromatic heterocycles. The molecule has 3 aromatic carbocycles. The molecule has 0 fully saturated rings. The third kappa shape index (κ3) is 7.29. The number of hydrogen-bond acceptors (Lipinski definition) is 6. The van der Waals surface area contributed by atoms with Gasteiger partial charge in [-0.3, -0.25) is 13.9 Å². The van der Waals surface area contributed by atoms with E-state index < -0.39 is 28.5 Å². The zero-order valence-electron chi connectivity index (χ0n) is 23.5. The van der Waals surface area contributed by atoms with Crippen LogP contribution in [0.1, 0.15) is 32.8 Å². The molecule has 0 saturated carbocycles. The van der Waals surface area contributed by atoms with Gasteiger partial charge in [0.25, 0.3) is 10.0 Å². The summed E-state index contributed by atoms with van der Waals surface area (Å²) in [4.78, 5) is 28.8. The number of anilines is 1. The first kappa shape index (κ1) is 31.5. The summed E-state index contributed by atoms with van der Waals surface area (Å²) in [6.45, 7) is 5.47. The molecule has 1 aliphatic rings. The molecule has 1 aliphatic heterocycles. The first-order chi connectivity index (χ1) is 20.0. The molecule has 4 rings (SSSR count). The number of nitrogens with zero attached hydrogens (tertiary/aromatic N) is 2. The molecule has 1 N–H and O–H groups in total. The Hall–Kier alpha value is -3.47. The Morgan fingerprint density at radius 3 is 2.29 bits per heavy atom. The van der Waals surface area contributed by atoms with E-state index in [2.05, 4.69) is 5.32 Å². The standard InChI is InChI=1S/C30H33Cl2N3O6S/c1-4-26(30(37)33-20(2)3)34(18-21-10-11-22(31)16-25(21)32)29(36)19-35(42(38,39)24-8-6-5-7-9-24)23-12-13-27-28(17-23)41-15-14-40-27/h5-13,16-17,20,26H,4,14-15,18-19H2,1-3H3,(H,33,37). The van der Waals surface area contributed by atoms with Crippen LogP contribution in [0.2, 0.25) is 10.0 Å². The molecule has 1 unspecified atom stereocenters. The number of carbonyl (C=O) groups excluding carboxylic acids is 2. The van der Waals surface area contributed by atoms with Gasteiger partial charge in [-0.2, -0.15) is 0 Å². The molecule has 0 radical (unpaired) electrons. The van der Waals surface area contributed by atoms with Crippen LogP contribution in [0.15, 0.2) is 71.6 Å². The van der Waals surface area contributed by atoms with Gasteiger partial charge in [-0.25, -0.2) is 8.42 Å². The summed E-state index contributed by atoms with van der Waals surface area (Å²) in [6.07, 6.45) is 0.283. The Balaban J connectivity index is 1.77. The monoisotopic (exact) mass is 633 g/mol. The lowest BCUT2D eigenvalue weighted by atomic mass is 10.1. The molecule has 2 amide bonds. The fraction of sp³-hybridized carbons (Fsp3) is 0.333. The maximum absolute atomic E-state index is 14.2. The second kappa shape index (κ2) is 13.7. The third-order valence-corrected chi connectivity index (χ3v) is 8.97. The second-order valence-electron chi connectivity index (χ2n) is 10.00. The highest BCUT2D eigenvalue weighted by Crippen LogP contribution is 2.36. The van der Waals surface area contributed by atoms with Crippen molar-refractivity contribution in [3.05, 3.63) is 82.3 Å². The van der Waals surface area contributed by atoms with Gasteiger partial charge in [-0.1, -0.05) is 54.4 Å². The van der Waals surface area contributed by atoms with Crippen molar-refractivity contribution < 1.29 is 27.5 Å². The van der Waals surface area contributed by atoms with E-state index in [-0.39, 0.29) is 35.5 Å². The minimum absolute atomic E-state index is 0.00424. The summed E-state index contributed by atoms with van der Waals surface area (Å²) >= 11 is 12.5. The van der Waals surface area contributed by atoms with Crippen molar-refractivity contribution in [1.29, 1.82) is 0 Å². The summed E-state index contributed by atoms with van der Waals surface area (Å²) in [7, 11) is -4.22. The average Bonchev–Trinajstić information content (AvgIpc) is 2.96. The number of sulfonamides is 1. The van der Waals surface area contributed by atoms with E-state index in [1.807, 2.05) is 13.8 Å². The van der Waals surface area contributed by atoms with Crippen molar-refractivity contribution in [2.75, 3.05) is 24.1 Å². The van der Waals surface area contributed by atoms with Crippen LogP contribution in [0.5, 0.6) is 11.5 Å². The SMILES string of the molecule is CCC(C(=O)NC(C)C)N(Cc1ccc(Cl)cc1Cl)C(=O)CN(c1ccc2c(c1)OCCO2)S(=O)(=O)c1ccccc1. The summed E-state index contributed by atoms with van der Waals surface area (Å²) in [5.41, 5.74) is 0.766. The van der Waals surface area contributed by atoms with Crippen LogP contribution in [-0.4, -0.2) is 57.0 Å². The lowest BCUT2D eigenvalue weighted by Gasteiger charge is -2.34. The molecule has 224 valence electrons. The van der Waals surface area contributed by atoms with Gasteiger partial charge in [-0.15, -0.1) is 0 Å². The molecule has 42 heavy (non-hydrogen) atoms. The predicted molar refractivity (Wildman–Crippen MR) is 163 cm³/mol. The normalized spacial score (nSPS) is 13.4. The Bertz CT molecular complexity index is 1540. The first-order valence-electron chi connectivity index (χ1n) is 13.5. The quantitative estimate of drug-likeness (QED) is 0.308. The molecule has 0 saturated heterocycles. The second-order valence-corrected chi connectivity index (χ2v) is 12.7. The number of nitrogens with one attached hydrogen (secondary N) is 1. The summed E-state index contributed by atoms with van der Waals surface area (Å²) < 4.78 is 40.3. The number of fused-ring (bicyclic) bond motifs is 1. The lowest BCUT2D eigenvalue weighted by molar-refractivity contribution is -0.140. The zero-order valence-corrected chi connectivity index (χ0v) is 25.9.